The molecular weight excluding hydrogens is 467 g/mol. The minimum absolute atomic E-state index is 0.159. The lowest BCUT2D eigenvalue weighted by Crippen LogP contribution is -2.48. The van der Waals surface area contributed by atoms with E-state index < -0.39 is 6.04 Å². The molecule has 150 valence electrons. The second-order valence-corrected chi connectivity index (χ2v) is 7.95. The van der Waals surface area contributed by atoms with Crippen molar-refractivity contribution in [1.29, 1.82) is 0 Å². The van der Waals surface area contributed by atoms with Crippen molar-refractivity contribution in [2.45, 2.75) is 26.4 Å². The van der Waals surface area contributed by atoms with Gasteiger partial charge in [-0.15, -0.1) is 0 Å². The molecule has 0 radical (unpaired) electrons. The first-order chi connectivity index (χ1) is 13.2. The van der Waals surface area contributed by atoms with Gasteiger partial charge >= 0.3 is 0 Å². The fraction of sp³-hybridized carbons (Fsp3) is 0.300. The summed E-state index contributed by atoms with van der Waals surface area (Å²) in [6.07, 6.45) is 0. The van der Waals surface area contributed by atoms with Crippen molar-refractivity contribution in [3.63, 3.8) is 0 Å². The summed E-state index contributed by atoms with van der Waals surface area (Å²) < 4.78 is 6.59. The number of hydrogen-bond acceptors (Lipinski definition) is 3. The fourth-order valence-electron chi connectivity index (χ4n) is 2.56. The Kier molecular flexibility index (Phi) is 8.16. The lowest BCUT2D eigenvalue weighted by Gasteiger charge is -2.28. The average molecular weight is 488 g/mol. The zero-order chi connectivity index (χ0) is 20.8. The number of rotatable bonds is 7. The van der Waals surface area contributed by atoms with Crippen LogP contribution in [0.25, 0.3) is 0 Å². The number of benzene rings is 2. The standard InChI is InChI=1S/C20H21BrCl2N2O3/c1-12-8-16(6-7-17(12)21)28-11-19(26)25(13(2)20(27)24-3)10-14-4-5-15(22)9-18(14)23/h4-9,13H,10-11H2,1-3H3,(H,24,27). The van der Waals surface area contributed by atoms with Gasteiger partial charge in [0.1, 0.15) is 11.8 Å². The second kappa shape index (κ2) is 10.1. The van der Waals surface area contributed by atoms with Crippen molar-refractivity contribution >= 4 is 50.9 Å². The van der Waals surface area contributed by atoms with Crippen molar-refractivity contribution in [3.05, 3.63) is 62.0 Å². The molecule has 2 rings (SSSR count). The van der Waals surface area contributed by atoms with Crippen molar-refractivity contribution in [3.8, 4) is 5.75 Å². The molecule has 28 heavy (non-hydrogen) atoms. The Hall–Kier alpha value is -1.76. The quantitative estimate of drug-likeness (QED) is 0.620. The largest absolute Gasteiger partial charge is 0.484 e. The van der Waals surface area contributed by atoms with Crippen LogP contribution in [0.1, 0.15) is 18.1 Å². The van der Waals surface area contributed by atoms with Gasteiger partial charge < -0.3 is 15.0 Å². The zero-order valence-electron chi connectivity index (χ0n) is 15.8. The number of hydrogen-bond donors (Lipinski definition) is 1. The van der Waals surface area contributed by atoms with Crippen molar-refractivity contribution in [1.82, 2.24) is 10.2 Å². The van der Waals surface area contributed by atoms with E-state index in [0.717, 1.165) is 10.0 Å². The Morgan fingerprint density at radius 3 is 2.54 bits per heavy atom. The van der Waals surface area contributed by atoms with Crippen LogP contribution < -0.4 is 10.1 Å². The molecule has 0 saturated heterocycles. The number of carbonyl (C=O) groups is 2. The highest BCUT2D eigenvalue weighted by atomic mass is 79.9. The molecule has 2 aromatic rings. The molecule has 0 aromatic heterocycles. The Bertz CT molecular complexity index is 877. The molecule has 5 nitrogen and oxygen atoms in total. The maximum absolute atomic E-state index is 12.9. The van der Waals surface area contributed by atoms with Crippen LogP contribution in [-0.2, 0) is 16.1 Å². The molecule has 0 spiro atoms. The Balaban J connectivity index is 2.18. The summed E-state index contributed by atoms with van der Waals surface area (Å²) in [6.45, 7) is 3.55. The highest BCUT2D eigenvalue weighted by molar-refractivity contribution is 9.10. The third-order valence-electron chi connectivity index (χ3n) is 4.26. The number of aryl methyl sites for hydroxylation is 1. The summed E-state index contributed by atoms with van der Waals surface area (Å²) >= 11 is 15.6. The zero-order valence-corrected chi connectivity index (χ0v) is 18.9. The highest BCUT2D eigenvalue weighted by Gasteiger charge is 2.26. The van der Waals surface area contributed by atoms with Crippen molar-refractivity contribution in [2.75, 3.05) is 13.7 Å². The maximum Gasteiger partial charge on any atom is 0.261 e. The normalized spacial score (nSPS) is 11.6. The van der Waals surface area contributed by atoms with E-state index >= 15 is 0 Å². The number of amides is 2. The number of ether oxygens (including phenoxy) is 1. The number of likely N-dealkylation sites (N-methyl/N-ethyl adjacent to an activating group) is 1. The molecular formula is C20H21BrCl2N2O3. The van der Waals surface area contributed by atoms with E-state index in [-0.39, 0.29) is 25.0 Å². The molecule has 8 heteroatoms. The molecule has 0 aliphatic heterocycles. The fourth-order valence-corrected chi connectivity index (χ4v) is 3.27. The Morgan fingerprint density at radius 1 is 1.21 bits per heavy atom. The molecule has 0 bridgehead atoms. The van der Waals surface area contributed by atoms with Gasteiger partial charge in [0.05, 0.1) is 0 Å². The minimum atomic E-state index is -0.695. The molecule has 0 saturated carbocycles. The summed E-state index contributed by atoms with van der Waals surface area (Å²) in [5, 5.41) is 3.49. The first kappa shape index (κ1) is 22.5. The topological polar surface area (TPSA) is 58.6 Å². The van der Waals surface area contributed by atoms with E-state index in [1.165, 1.54) is 11.9 Å². The lowest BCUT2D eigenvalue weighted by molar-refractivity contribution is -0.142. The Labute approximate surface area is 183 Å². The first-order valence-electron chi connectivity index (χ1n) is 8.57. The van der Waals surface area contributed by atoms with Gasteiger partial charge in [0.15, 0.2) is 6.61 Å². The van der Waals surface area contributed by atoms with Crippen LogP contribution in [0.15, 0.2) is 40.9 Å². The third kappa shape index (κ3) is 5.87. The third-order valence-corrected chi connectivity index (χ3v) is 5.74. The van der Waals surface area contributed by atoms with Crippen molar-refractivity contribution < 1.29 is 14.3 Å². The number of nitrogens with one attached hydrogen (secondary N) is 1. The maximum atomic E-state index is 12.9. The summed E-state index contributed by atoms with van der Waals surface area (Å²) in [5.41, 5.74) is 1.68. The monoisotopic (exact) mass is 486 g/mol. The highest BCUT2D eigenvalue weighted by Crippen LogP contribution is 2.24. The van der Waals surface area contributed by atoms with Gasteiger partial charge in [-0.1, -0.05) is 45.2 Å². The van der Waals surface area contributed by atoms with Gasteiger partial charge in [-0.3, -0.25) is 9.59 Å². The summed E-state index contributed by atoms with van der Waals surface area (Å²) in [4.78, 5) is 26.4. The van der Waals surface area contributed by atoms with Crippen LogP contribution in [-0.4, -0.2) is 36.4 Å². The number of halogens is 3. The second-order valence-electron chi connectivity index (χ2n) is 6.25. The molecule has 1 atom stereocenters. The number of nitrogens with zero attached hydrogens (tertiary/aromatic N) is 1. The van der Waals surface area contributed by atoms with Gasteiger partial charge in [-0.05, 0) is 55.3 Å². The molecule has 1 N–H and O–H groups in total. The van der Waals surface area contributed by atoms with E-state index in [1.807, 2.05) is 19.1 Å². The van der Waals surface area contributed by atoms with Crippen LogP contribution in [0.3, 0.4) is 0 Å². The predicted molar refractivity (Wildman–Crippen MR) is 115 cm³/mol. The van der Waals surface area contributed by atoms with E-state index in [2.05, 4.69) is 21.2 Å². The van der Waals surface area contributed by atoms with E-state index in [1.54, 1.807) is 31.2 Å². The lowest BCUT2D eigenvalue weighted by atomic mass is 10.1. The van der Waals surface area contributed by atoms with Gasteiger partial charge in [0.25, 0.3) is 5.91 Å². The molecule has 2 aromatic carbocycles. The average Bonchev–Trinajstić information content (AvgIpc) is 2.67. The summed E-state index contributed by atoms with van der Waals surface area (Å²) in [6, 6.07) is 9.80. The Morgan fingerprint density at radius 2 is 1.93 bits per heavy atom. The van der Waals surface area contributed by atoms with Gasteiger partial charge in [0, 0.05) is 28.1 Å². The van der Waals surface area contributed by atoms with Crippen LogP contribution in [0, 0.1) is 6.92 Å². The predicted octanol–water partition coefficient (Wildman–Crippen LogP) is 4.61. The SMILES string of the molecule is CNC(=O)C(C)N(Cc1ccc(Cl)cc1Cl)C(=O)COc1ccc(Br)c(C)c1. The van der Waals surface area contributed by atoms with Crippen LogP contribution in [0.4, 0.5) is 0 Å². The van der Waals surface area contributed by atoms with Gasteiger partial charge in [-0.2, -0.15) is 0 Å². The molecule has 0 aliphatic carbocycles. The molecule has 0 aliphatic rings. The molecule has 2 amide bonds. The van der Waals surface area contributed by atoms with Crippen LogP contribution >= 0.6 is 39.1 Å². The number of carbonyl (C=O) groups excluding carboxylic acids is 2. The van der Waals surface area contributed by atoms with Gasteiger partial charge in [-0.25, -0.2) is 0 Å². The molecule has 0 heterocycles. The smallest absolute Gasteiger partial charge is 0.261 e. The van der Waals surface area contributed by atoms with E-state index in [4.69, 9.17) is 27.9 Å². The van der Waals surface area contributed by atoms with Crippen LogP contribution in [0.5, 0.6) is 5.75 Å². The summed E-state index contributed by atoms with van der Waals surface area (Å²) in [7, 11) is 1.53. The summed E-state index contributed by atoms with van der Waals surface area (Å²) in [5.74, 6) is -0.0354. The molecule has 1 unspecified atom stereocenters. The van der Waals surface area contributed by atoms with E-state index in [0.29, 0.717) is 21.4 Å². The van der Waals surface area contributed by atoms with Gasteiger partial charge in [0.2, 0.25) is 5.91 Å². The van der Waals surface area contributed by atoms with E-state index in [9.17, 15) is 9.59 Å². The van der Waals surface area contributed by atoms with Crippen molar-refractivity contribution in [2.24, 2.45) is 0 Å². The van der Waals surface area contributed by atoms with Crippen LogP contribution in [0.2, 0.25) is 10.0 Å². The minimum Gasteiger partial charge on any atom is -0.484 e. The molecule has 0 fully saturated rings. The first-order valence-corrected chi connectivity index (χ1v) is 10.1.